The number of fused-ring (bicyclic) bond motifs is 1. The summed E-state index contributed by atoms with van der Waals surface area (Å²) >= 11 is 0. The molecule has 146 valence electrons. The molecule has 12 nitrogen and oxygen atoms in total. The number of carbonyl (C=O) groups excluding carboxylic acids is 1. The van der Waals surface area contributed by atoms with Crippen molar-refractivity contribution < 1.29 is 29.3 Å². The second-order valence-electron chi connectivity index (χ2n) is 6.37. The molecule has 1 aliphatic rings. The molecule has 1 amide bonds. The minimum absolute atomic E-state index is 0.0114. The minimum atomic E-state index is -1.49. The number of anilines is 1. The fraction of sp³-hybridized carbons (Fsp3) is 0.533. The molecule has 27 heavy (non-hydrogen) atoms. The lowest BCUT2D eigenvalue weighted by Gasteiger charge is -2.19. The van der Waals surface area contributed by atoms with Gasteiger partial charge in [0.1, 0.15) is 0 Å². The molecule has 1 saturated heterocycles. The second kappa shape index (κ2) is 7.32. The molecule has 2 aromatic rings. The second-order valence-corrected chi connectivity index (χ2v) is 6.37. The molecule has 0 saturated carbocycles. The summed E-state index contributed by atoms with van der Waals surface area (Å²) in [6, 6.07) is 0. The third-order valence-corrected chi connectivity index (χ3v) is 4.07. The molecule has 0 spiro atoms. The smallest absolute Gasteiger partial charge is 0.450 e. The number of amides is 1. The van der Waals surface area contributed by atoms with Crippen molar-refractivity contribution in [2.75, 3.05) is 11.9 Å². The minimum Gasteiger partial charge on any atom is -0.450 e. The zero-order valence-corrected chi connectivity index (χ0v) is 14.6. The van der Waals surface area contributed by atoms with Gasteiger partial charge in [-0.3, -0.25) is 24.5 Å². The molecule has 2 aromatic heterocycles. The van der Waals surface area contributed by atoms with E-state index in [1.54, 1.807) is 13.8 Å². The highest BCUT2D eigenvalue weighted by molar-refractivity contribution is 5.91. The van der Waals surface area contributed by atoms with E-state index >= 15 is 0 Å². The number of aromatic amines is 1. The van der Waals surface area contributed by atoms with Gasteiger partial charge in [0.15, 0.2) is 23.5 Å². The Bertz CT molecular complexity index is 921. The molecule has 3 rings (SSSR count). The van der Waals surface area contributed by atoms with Crippen LogP contribution in [0.1, 0.15) is 26.5 Å². The first-order valence-corrected chi connectivity index (χ1v) is 8.23. The van der Waals surface area contributed by atoms with E-state index in [1.165, 1.54) is 10.9 Å². The van der Waals surface area contributed by atoms with Crippen molar-refractivity contribution in [1.82, 2.24) is 19.5 Å². The van der Waals surface area contributed by atoms with Crippen molar-refractivity contribution in [3.63, 3.8) is 0 Å². The number of aromatic nitrogens is 4. The van der Waals surface area contributed by atoms with Crippen LogP contribution in [-0.2, 0) is 14.3 Å². The summed E-state index contributed by atoms with van der Waals surface area (Å²) in [7, 11) is 0. The largest absolute Gasteiger partial charge is 0.506 e. The lowest BCUT2D eigenvalue weighted by atomic mass is 10.2. The Morgan fingerprint density at radius 3 is 2.89 bits per heavy atom. The highest BCUT2D eigenvalue weighted by Gasteiger charge is 2.40. The van der Waals surface area contributed by atoms with Gasteiger partial charge in [-0.25, -0.2) is 9.78 Å². The van der Waals surface area contributed by atoms with E-state index in [2.05, 4.69) is 20.3 Å². The van der Waals surface area contributed by atoms with Crippen LogP contribution in [0.15, 0.2) is 11.1 Å². The van der Waals surface area contributed by atoms with Crippen LogP contribution < -0.4 is 10.9 Å². The van der Waals surface area contributed by atoms with Gasteiger partial charge < -0.3 is 19.7 Å². The zero-order valence-electron chi connectivity index (χ0n) is 14.6. The van der Waals surface area contributed by atoms with Gasteiger partial charge in [-0.1, -0.05) is 13.8 Å². The summed E-state index contributed by atoms with van der Waals surface area (Å²) in [6.07, 6.45) is -2.62. The van der Waals surface area contributed by atoms with Gasteiger partial charge in [0.2, 0.25) is 11.9 Å². The molecule has 3 heterocycles. The van der Waals surface area contributed by atoms with Gasteiger partial charge in [0.25, 0.3) is 5.56 Å². The van der Waals surface area contributed by atoms with Gasteiger partial charge >= 0.3 is 6.16 Å². The van der Waals surface area contributed by atoms with Crippen molar-refractivity contribution in [2.45, 2.75) is 38.7 Å². The SMILES string of the molecule is CC(C)C(=O)Nc1nc2c(ncn2[C@@H]2O[C@H](CO)C[C@H]2OC(=O)O)c(=O)[nH]1. The van der Waals surface area contributed by atoms with E-state index in [0.29, 0.717) is 0 Å². The number of imidazole rings is 1. The molecular formula is C15H19N5O7. The molecule has 4 N–H and O–H groups in total. The van der Waals surface area contributed by atoms with Gasteiger partial charge in [-0.2, -0.15) is 4.98 Å². The number of H-pyrrole nitrogens is 1. The Morgan fingerprint density at radius 1 is 1.52 bits per heavy atom. The Labute approximate surface area is 152 Å². The molecule has 3 atom stereocenters. The molecule has 0 aromatic carbocycles. The van der Waals surface area contributed by atoms with E-state index < -0.39 is 30.2 Å². The Balaban J connectivity index is 2.01. The standard InChI is InChI=1S/C15H19N5O7/c1-6(2)11(22)18-14-17-10-9(12(23)19-14)16-5-20(10)13-8(27-15(24)25)3-7(4-21)26-13/h5-8,13,21H,3-4H2,1-2H3,(H,24,25)(H2,17,18,19,22,23)/t7-,8+,13+/m0/s1. The number of nitrogens with zero attached hydrogens (tertiary/aromatic N) is 3. The molecule has 0 aliphatic carbocycles. The third-order valence-electron chi connectivity index (χ3n) is 4.07. The lowest BCUT2D eigenvalue weighted by molar-refractivity contribution is -0.118. The van der Waals surface area contributed by atoms with Gasteiger partial charge in [0.05, 0.1) is 19.0 Å². The van der Waals surface area contributed by atoms with Crippen LogP contribution in [0.2, 0.25) is 0 Å². The van der Waals surface area contributed by atoms with E-state index in [4.69, 9.17) is 14.6 Å². The normalized spacial score (nSPS) is 22.3. The summed E-state index contributed by atoms with van der Waals surface area (Å²) in [5.41, 5.74) is -0.506. The highest BCUT2D eigenvalue weighted by atomic mass is 16.7. The molecule has 0 radical (unpaired) electrons. The van der Waals surface area contributed by atoms with Crippen LogP contribution in [0, 0.1) is 5.92 Å². The van der Waals surface area contributed by atoms with Crippen molar-refractivity contribution in [3.05, 3.63) is 16.7 Å². The van der Waals surface area contributed by atoms with E-state index in [9.17, 15) is 19.5 Å². The predicted octanol–water partition coefficient (Wildman–Crippen LogP) is 0.0571. The zero-order chi connectivity index (χ0) is 19.7. The van der Waals surface area contributed by atoms with E-state index in [1.807, 2.05) is 0 Å². The van der Waals surface area contributed by atoms with Crippen LogP contribution in [0.5, 0.6) is 0 Å². The maximum absolute atomic E-state index is 12.2. The number of carboxylic acid groups (broad SMARTS) is 1. The molecular weight excluding hydrogens is 362 g/mol. The maximum atomic E-state index is 12.2. The van der Waals surface area contributed by atoms with Gasteiger partial charge in [0, 0.05) is 12.3 Å². The van der Waals surface area contributed by atoms with Crippen molar-refractivity contribution >= 4 is 29.2 Å². The number of rotatable bonds is 5. The first kappa shape index (κ1) is 18.8. The average molecular weight is 381 g/mol. The van der Waals surface area contributed by atoms with Crippen molar-refractivity contribution in [2.24, 2.45) is 5.92 Å². The van der Waals surface area contributed by atoms with Crippen molar-refractivity contribution in [1.29, 1.82) is 0 Å². The topological polar surface area (TPSA) is 169 Å². The van der Waals surface area contributed by atoms with E-state index in [0.717, 1.165) is 0 Å². The lowest BCUT2D eigenvalue weighted by Crippen LogP contribution is -2.26. The molecule has 0 unspecified atom stereocenters. The number of aliphatic hydroxyl groups excluding tert-OH is 1. The summed E-state index contributed by atoms with van der Waals surface area (Å²) in [4.78, 5) is 45.6. The molecule has 12 heteroatoms. The van der Waals surface area contributed by atoms with Crippen LogP contribution in [0.3, 0.4) is 0 Å². The van der Waals surface area contributed by atoms with E-state index in [-0.39, 0.29) is 42.0 Å². The number of hydrogen-bond donors (Lipinski definition) is 4. The summed E-state index contributed by atoms with van der Waals surface area (Å²) in [5.74, 6) is -0.735. The number of nitrogens with one attached hydrogen (secondary N) is 2. The monoisotopic (exact) mass is 381 g/mol. The fourth-order valence-electron chi connectivity index (χ4n) is 2.75. The number of carbonyl (C=O) groups is 2. The van der Waals surface area contributed by atoms with Gasteiger partial charge in [-0.15, -0.1) is 0 Å². The van der Waals surface area contributed by atoms with Crippen LogP contribution in [0.25, 0.3) is 11.2 Å². The predicted molar refractivity (Wildman–Crippen MR) is 90.1 cm³/mol. The fourth-order valence-corrected chi connectivity index (χ4v) is 2.75. The number of aliphatic hydroxyl groups is 1. The Hall–Kier alpha value is -2.99. The highest BCUT2D eigenvalue weighted by Crippen LogP contribution is 2.32. The summed E-state index contributed by atoms with van der Waals surface area (Å²) < 4.78 is 11.8. The van der Waals surface area contributed by atoms with Crippen LogP contribution >= 0.6 is 0 Å². The van der Waals surface area contributed by atoms with Crippen LogP contribution in [0.4, 0.5) is 10.7 Å². The molecule has 1 fully saturated rings. The third kappa shape index (κ3) is 3.75. The molecule has 1 aliphatic heterocycles. The Morgan fingerprint density at radius 2 is 2.26 bits per heavy atom. The quantitative estimate of drug-likeness (QED) is 0.523. The van der Waals surface area contributed by atoms with Crippen LogP contribution in [-0.4, -0.2) is 60.6 Å². The maximum Gasteiger partial charge on any atom is 0.506 e. The first-order valence-electron chi connectivity index (χ1n) is 8.23. The van der Waals surface area contributed by atoms with Crippen molar-refractivity contribution in [3.8, 4) is 0 Å². The number of hydrogen-bond acceptors (Lipinski definition) is 8. The molecule has 0 bridgehead atoms. The van der Waals surface area contributed by atoms with Gasteiger partial charge in [-0.05, 0) is 0 Å². The Kier molecular flexibility index (Phi) is 5.10. The number of ether oxygens (including phenoxy) is 2. The summed E-state index contributed by atoms with van der Waals surface area (Å²) in [5, 5.41) is 20.7. The first-order chi connectivity index (χ1) is 12.8. The summed E-state index contributed by atoms with van der Waals surface area (Å²) in [6.45, 7) is 3.04. The average Bonchev–Trinajstić information content (AvgIpc) is 3.18.